The zero-order valence-corrected chi connectivity index (χ0v) is 12.7. The second-order valence-electron chi connectivity index (χ2n) is 5.22. The number of nitrogen functional groups attached to an aromatic ring is 1. The number of anilines is 1. The number of benzene rings is 2. The first-order valence-electron chi connectivity index (χ1n) is 7.31. The van der Waals surface area contributed by atoms with Gasteiger partial charge in [-0.05, 0) is 39.0 Å². The van der Waals surface area contributed by atoms with Gasteiger partial charge in [-0.3, -0.25) is 0 Å². The third kappa shape index (κ3) is 2.37. The molecule has 21 heavy (non-hydrogen) atoms. The first-order chi connectivity index (χ1) is 10.1. The standard InChI is InChI=1S/C17H19N3O/c1-4-20(5-2)15-10-17-14(8-11(15)3)19-13-7-6-12(18)9-16(13)21-17/h6-10,18H,4-5H2,1-3H3/p+1. The second kappa shape index (κ2) is 5.20. The summed E-state index contributed by atoms with van der Waals surface area (Å²) in [5.74, 6) is 0.792. The predicted octanol–water partition coefficient (Wildman–Crippen LogP) is 2.64. The van der Waals surface area contributed by atoms with Crippen molar-refractivity contribution >= 4 is 16.8 Å². The van der Waals surface area contributed by atoms with Gasteiger partial charge >= 0.3 is 0 Å². The molecule has 108 valence electrons. The highest BCUT2D eigenvalue weighted by Crippen LogP contribution is 2.25. The minimum Gasteiger partial charge on any atom is -0.452 e. The number of nitrogens with zero attached hydrogens (tertiary/aromatic N) is 2. The van der Waals surface area contributed by atoms with Gasteiger partial charge in [0, 0.05) is 17.3 Å². The zero-order valence-electron chi connectivity index (χ0n) is 12.7. The van der Waals surface area contributed by atoms with Gasteiger partial charge in [0.2, 0.25) is 5.36 Å². The van der Waals surface area contributed by atoms with E-state index in [0.29, 0.717) is 5.69 Å². The molecule has 1 aromatic carbocycles. The summed E-state index contributed by atoms with van der Waals surface area (Å²) in [4.78, 5) is 4.66. The van der Waals surface area contributed by atoms with Crippen LogP contribution < -0.4 is 15.7 Å². The monoisotopic (exact) mass is 282 g/mol. The van der Waals surface area contributed by atoms with Crippen molar-refractivity contribution in [2.24, 2.45) is 0 Å². The Hall–Kier alpha value is -2.36. The van der Waals surface area contributed by atoms with Crippen molar-refractivity contribution in [3.8, 4) is 11.5 Å². The van der Waals surface area contributed by atoms with Crippen LogP contribution in [0.3, 0.4) is 0 Å². The maximum Gasteiger partial charge on any atom is 0.206 e. The smallest absolute Gasteiger partial charge is 0.206 e. The van der Waals surface area contributed by atoms with E-state index in [0.717, 1.165) is 35.6 Å². The molecule has 0 bridgehead atoms. The summed E-state index contributed by atoms with van der Waals surface area (Å²) in [6, 6.07) is 9.71. The molecule has 3 rings (SSSR count). The van der Waals surface area contributed by atoms with E-state index in [-0.39, 0.29) is 0 Å². The number of hydrogen-bond donors (Lipinski definition) is 1. The fraction of sp³-hybridized carbons (Fsp3) is 0.294. The van der Waals surface area contributed by atoms with Gasteiger partial charge in [-0.25, -0.2) is 9.56 Å². The van der Waals surface area contributed by atoms with Crippen molar-refractivity contribution in [1.82, 2.24) is 9.56 Å². The van der Waals surface area contributed by atoms with Crippen LogP contribution in [0.25, 0.3) is 22.6 Å². The Morgan fingerprint density at radius 1 is 1.14 bits per heavy atom. The second-order valence-corrected chi connectivity index (χ2v) is 5.22. The molecule has 4 nitrogen and oxygen atoms in total. The number of hydrogen-bond acceptors (Lipinski definition) is 3. The summed E-state index contributed by atoms with van der Waals surface area (Å²) in [6.45, 7) is 8.36. The number of nitrogens with two attached hydrogens (primary N) is 1. The summed E-state index contributed by atoms with van der Waals surface area (Å²) >= 11 is 0. The maximum absolute atomic E-state index is 5.99. The molecule has 2 aliphatic rings. The molecule has 0 amide bonds. The van der Waals surface area contributed by atoms with E-state index in [1.165, 1.54) is 10.9 Å². The number of fused-ring (bicyclic) bond motifs is 2. The van der Waals surface area contributed by atoms with Gasteiger partial charge in [-0.1, -0.05) is 0 Å². The van der Waals surface area contributed by atoms with Crippen molar-refractivity contribution < 1.29 is 4.42 Å². The molecule has 1 aliphatic carbocycles. The Morgan fingerprint density at radius 2 is 1.90 bits per heavy atom. The lowest BCUT2D eigenvalue weighted by atomic mass is 10.1. The SMILES string of the molecule is CC[N+](CC)=c1cc2oc3cc(N)ccc3nc-2cc1C. The van der Waals surface area contributed by atoms with Crippen molar-refractivity contribution in [1.29, 1.82) is 0 Å². The van der Waals surface area contributed by atoms with E-state index < -0.39 is 0 Å². The molecule has 0 spiro atoms. The van der Waals surface area contributed by atoms with Gasteiger partial charge in [0.25, 0.3) is 0 Å². The third-order valence-electron chi connectivity index (χ3n) is 3.83. The highest BCUT2D eigenvalue weighted by atomic mass is 16.3. The van der Waals surface area contributed by atoms with E-state index in [4.69, 9.17) is 10.2 Å². The summed E-state index contributed by atoms with van der Waals surface area (Å²) in [6.07, 6.45) is 0. The lowest BCUT2D eigenvalue weighted by Gasteiger charge is -2.08. The zero-order chi connectivity index (χ0) is 15.0. The number of rotatable bonds is 2. The summed E-state index contributed by atoms with van der Waals surface area (Å²) in [7, 11) is 0. The molecule has 1 heterocycles. The van der Waals surface area contributed by atoms with Crippen LogP contribution in [0.4, 0.5) is 5.69 Å². The lowest BCUT2D eigenvalue weighted by Crippen LogP contribution is -2.31. The normalized spacial score (nSPS) is 11.2. The largest absolute Gasteiger partial charge is 0.452 e. The highest BCUT2D eigenvalue weighted by Gasteiger charge is 2.14. The van der Waals surface area contributed by atoms with E-state index in [1.807, 2.05) is 18.2 Å². The Labute approximate surface area is 123 Å². The Kier molecular flexibility index (Phi) is 3.37. The van der Waals surface area contributed by atoms with Crippen LogP contribution in [-0.4, -0.2) is 18.1 Å². The fourth-order valence-corrected chi connectivity index (χ4v) is 2.69. The topological polar surface area (TPSA) is 55.1 Å². The first kappa shape index (κ1) is 13.6. The number of aryl methyl sites for hydroxylation is 1. The summed E-state index contributed by atoms with van der Waals surface area (Å²) < 4.78 is 8.31. The van der Waals surface area contributed by atoms with Crippen molar-refractivity contribution in [2.45, 2.75) is 20.8 Å². The average molecular weight is 282 g/mol. The van der Waals surface area contributed by atoms with Crippen LogP contribution in [-0.2, 0) is 0 Å². The Balaban J connectivity index is 2.38. The van der Waals surface area contributed by atoms with Crippen LogP contribution in [0, 0.1) is 6.92 Å². The molecule has 0 atom stereocenters. The predicted molar refractivity (Wildman–Crippen MR) is 86.1 cm³/mol. The van der Waals surface area contributed by atoms with Crippen molar-refractivity contribution in [2.75, 3.05) is 18.8 Å². The van der Waals surface area contributed by atoms with E-state index in [1.54, 1.807) is 0 Å². The van der Waals surface area contributed by atoms with Gasteiger partial charge < -0.3 is 10.2 Å². The third-order valence-corrected chi connectivity index (χ3v) is 3.83. The molecule has 0 fully saturated rings. The van der Waals surface area contributed by atoms with E-state index in [2.05, 4.69) is 42.5 Å². The van der Waals surface area contributed by atoms with Crippen LogP contribution in [0.2, 0.25) is 0 Å². The lowest BCUT2D eigenvalue weighted by molar-refractivity contribution is 0.598. The Morgan fingerprint density at radius 3 is 2.62 bits per heavy atom. The minimum absolute atomic E-state index is 0.684. The summed E-state index contributed by atoms with van der Waals surface area (Å²) in [5, 5.41) is 1.20. The molecule has 1 aliphatic heterocycles. The van der Waals surface area contributed by atoms with Gasteiger partial charge in [-0.2, -0.15) is 0 Å². The quantitative estimate of drug-likeness (QED) is 0.446. The molecule has 0 saturated carbocycles. The van der Waals surface area contributed by atoms with E-state index in [9.17, 15) is 0 Å². The molecule has 0 unspecified atom stereocenters. The Bertz CT molecular complexity index is 842. The van der Waals surface area contributed by atoms with Gasteiger partial charge in [-0.15, -0.1) is 0 Å². The van der Waals surface area contributed by atoms with Crippen LogP contribution in [0.5, 0.6) is 0 Å². The molecule has 0 radical (unpaired) electrons. The summed E-state index contributed by atoms with van der Waals surface area (Å²) in [5.41, 5.74) is 10.1. The average Bonchev–Trinajstić information content (AvgIpc) is 2.47. The van der Waals surface area contributed by atoms with Crippen molar-refractivity contribution in [3.63, 3.8) is 0 Å². The van der Waals surface area contributed by atoms with Crippen LogP contribution in [0.1, 0.15) is 19.4 Å². The molecule has 2 N–H and O–H groups in total. The van der Waals surface area contributed by atoms with Gasteiger partial charge in [0.1, 0.15) is 24.3 Å². The van der Waals surface area contributed by atoms with Gasteiger partial charge in [0.05, 0.1) is 6.07 Å². The van der Waals surface area contributed by atoms with Gasteiger partial charge in [0.15, 0.2) is 11.3 Å². The molecule has 0 aromatic heterocycles. The van der Waals surface area contributed by atoms with Crippen LogP contribution >= 0.6 is 0 Å². The molecular weight excluding hydrogens is 262 g/mol. The first-order valence-corrected chi connectivity index (χ1v) is 7.31. The highest BCUT2D eigenvalue weighted by molar-refractivity contribution is 5.79. The maximum atomic E-state index is 5.99. The molecule has 0 saturated heterocycles. The van der Waals surface area contributed by atoms with Crippen molar-refractivity contribution in [3.05, 3.63) is 41.3 Å². The fourth-order valence-electron chi connectivity index (χ4n) is 2.69. The minimum atomic E-state index is 0.684. The molecule has 4 heteroatoms. The molecular formula is C17H20N3O+. The molecule has 1 aromatic rings. The van der Waals surface area contributed by atoms with Crippen LogP contribution in [0.15, 0.2) is 34.7 Å². The van der Waals surface area contributed by atoms with E-state index >= 15 is 0 Å². The number of aromatic nitrogens is 1.